The lowest BCUT2D eigenvalue weighted by molar-refractivity contribution is 0.0136. The van der Waals surface area contributed by atoms with Crippen molar-refractivity contribution in [2.45, 2.75) is 33.4 Å². The van der Waals surface area contributed by atoms with E-state index in [0.717, 1.165) is 6.54 Å². The Balaban J connectivity index is 2.26. The molecule has 0 atom stereocenters. The van der Waals surface area contributed by atoms with Crippen LogP contribution >= 0.6 is 0 Å². The van der Waals surface area contributed by atoms with Crippen molar-refractivity contribution in [1.29, 1.82) is 0 Å². The molecule has 0 aliphatic rings. The molecular weight excluding hydrogens is 244 g/mol. The molecule has 0 bridgehead atoms. The normalized spacial score (nSPS) is 11.7. The second-order valence-corrected chi connectivity index (χ2v) is 4.31. The average Bonchev–Trinajstić information content (AvgIpc) is 2.71. The average molecular weight is 263 g/mol. The Hall–Kier alpha value is -1.15. The Kier molecular flexibility index (Phi) is 6.66. The third-order valence-electron chi connectivity index (χ3n) is 2.13. The van der Waals surface area contributed by atoms with Crippen LogP contribution in [0.2, 0.25) is 0 Å². The van der Waals surface area contributed by atoms with Crippen LogP contribution in [0.15, 0.2) is 0 Å². The number of hydrogen-bond donors (Lipinski definition) is 1. The summed E-state index contributed by atoms with van der Waals surface area (Å²) >= 11 is 0. The molecule has 0 saturated heterocycles. The van der Waals surface area contributed by atoms with E-state index in [1.807, 2.05) is 0 Å². The van der Waals surface area contributed by atoms with E-state index in [0.29, 0.717) is 24.8 Å². The van der Waals surface area contributed by atoms with Crippen molar-refractivity contribution < 1.29 is 13.5 Å². The van der Waals surface area contributed by atoms with Crippen LogP contribution in [0.1, 0.15) is 19.7 Å². The molecule has 0 spiro atoms. The molecule has 0 radical (unpaired) electrons. The molecule has 1 aromatic rings. The van der Waals surface area contributed by atoms with E-state index < -0.39 is 13.0 Å². The minimum absolute atomic E-state index is 0.173. The van der Waals surface area contributed by atoms with Crippen LogP contribution in [0.4, 0.5) is 8.78 Å². The third-order valence-corrected chi connectivity index (χ3v) is 2.13. The maximum atomic E-state index is 11.8. The van der Waals surface area contributed by atoms with Gasteiger partial charge in [-0.3, -0.25) is 0 Å². The highest BCUT2D eigenvalue weighted by atomic mass is 19.3. The van der Waals surface area contributed by atoms with Crippen molar-refractivity contribution in [2.75, 3.05) is 19.8 Å². The number of tetrazole rings is 1. The summed E-state index contributed by atoms with van der Waals surface area (Å²) in [7, 11) is 0. The predicted molar refractivity (Wildman–Crippen MR) is 61.2 cm³/mol. The SMILES string of the molecule is CC(C)CNCc1nnnn1CCOCC(F)F. The minimum Gasteiger partial charge on any atom is -0.374 e. The molecule has 1 N–H and O–H groups in total. The summed E-state index contributed by atoms with van der Waals surface area (Å²) in [4.78, 5) is 0. The van der Waals surface area contributed by atoms with E-state index in [4.69, 9.17) is 4.74 Å². The number of nitrogens with zero attached hydrogens (tertiary/aromatic N) is 4. The zero-order chi connectivity index (χ0) is 13.4. The van der Waals surface area contributed by atoms with Gasteiger partial charge in [-0.25, -0.2) is 13.5 Å². The third kappa shape index (κ3) is 5.97. The van der Waals surface area contributed by atoms with Crippen LogP contribution < -0.4 is 5.32 Å². The number of rotatable bonds is 9. The summed E-state index contributed by atoms with van der Waals surface area (Å²) < 4.78 is 30.0. The first-order valence-corrected chi connectivity index (χ1v) is 5.91. The zero-order valence-electron chi connectivity index (χ0n) is 10.6. The fourth-order valence-corrected chi connectivity index (χ4v) is 1.32. The highest BCUT2D eigenvalue weighted by Gasteiger charge is 2.07. The Morgan fingerprint density at radius 2 is 2.17 bits per heavy atom. The standard InChI is InChI=1S/C10H19F2N5O/c1-8(2)5-13-6-10-14-15-16-17(10)3-4-18-7-9(11)12/h8-9,13H,3-7H2,1-2H3. The number of halogens is 2. The molecule has 0 fully saturated rings. The molecule has 0 aliphatic heterocycles. The molecule has 0 unspecified atom stereocenters. The molecule has 0 aromatic carbocycles. The van der Waals surface area contributed by atoms with Gasteiger partial charge in [0.05, 0.1) is 19.7 Å². The lowest BCUT2D eigenvalue weighted by Gasteiger charge is -2.08. The highest BCUT2D eigenvalue weighted by molar-refractivity contribution is 4.79. The van der Waals surface area contributed by atoms with Gasteiger partial charge in [0.25, 0.3) is 6.43 Å². The number of aromatic nitrogens is 4. The lowest BCUT2D eigenvalue weighted by atomic mass is 10.2. The van der Waals surface area contributed by atoms with Gasteiger partial charge in [0.1, 0.15) is 6.61 Å². The van der Waals surface area contributed by atoms with Gasteiger partial charge in [0.2, 0.25) is 0 Å². The number of ether oxygens (including phenoxy) is 1. The maximum Gasteiger partial charge on any atom is 0.261 e. The fraction of sp³-hybridized carbons (Fsp3) is 0.900. The lowest BCUT2D eigenvalue weighted by Crippen LogP contribution is -2.22. The predicted octanol–water partition coefficient (Wildman–Crippen LogP) is 0.700. The first kappa shape index (κ1) is 14.9. The van der Waals surface area contributed by atoms with Gasteiger partial charge in [0, 0.05) is 0 Å². The molecule has 8 heteroatoms. The molecule has 6 nitrogen and oxygen atoms in total. The van der Waals surface area contributed by atoms with Gasteiger partial charge in [-0.05, 0) is 22.9 Å². The largest absolute Gasteiger partial charge is 0.374 e. The van der Waals surface area contributed by atoms with E-state index in [-0.39, 0.29) is 6.61 Å². The summed E-state index contributed by atoms with van der Waals surface area (Å²) in [6, 6.07) is 0. The van der Waals surface area contributed by atoms with E-state index in [2.05, 4.69) is 34.7 Å². The maximum absolute atomic E-state index is 11.8. The van der Waals surface area contributed by atoms with Gasteiger partial charge < -0.3 is 10.1 Å². The minimum atomic E-state index is -2.44. The number of nitrogens with one attached hydrogen (secondary N) is 1. The monoisotopic (exact) mass is 263 g/mol. The summed E-state index contributed by atoms with van der Waals surface area (Å²) in [6.07, 6.45) is -2.44. The topological polar surface area (TPSA) is 64.9 Å². The van der Waals surface area contributed by atoms with Gasteiger partial charge in [-0.2, -0.15) is 0 Å². The van der Waals surface area contributed by atoms with Crippen molar-refractivity contribution in [1.82, 2.24) is 25.5 Å². The number of hydrogen-bond acceptors (Lipinski definition) is 5. The van der Waals surface area contributed by atoms with Gasteiger partial charge in [0.15, 0.2) is 5.82 Å². The molecule has 1 heterocycles. The van der Waals surface area contributed by atoms with Crippen LogP contribution in [0.5, 0.6) is 0 Å². The van der Waals surface area contributed by atoms with Crippen molar-refractivity contribution in [3.8, 4) is 0 Å². The van der Waals surface area contributed by atoms with E-state index in [1.54, 1.807) is 4.68 Å². The fourth-order valence-electron chi connectivity index (χ4n) is 1.32. The first-order valence-electron chi connectivity index (χ1n) is 5.91. The molecular formula is C10H19F2N5O. The summed E-state index contributed by atoms with van der Waals surface area (Å²) in [6.45, 7) is 5.63. The van der Waals surface area contributed by atoms with E-state index in [9.17, 15) is 8.78 Å². The Labute approximate surface area is 105 Å². The molecule has 0 amide bonds. The molecule has 0 saturated carbocycles. The second-order valence-electron chi connectivity index (χ2n) is 4.31. The van der Waals surface area contributed by atoms with Crippen molar-refractivity contribution >= 4 is 0 Å². The van der Waals surface area contributed by atoms with E-state index >= 15 is 0 Å². The summed E-state index contributed by atoms with van der Waals surface area (Å²) in [5.41, 5.74) is 0. The Morgan fingerprint density at radius 3 is 2.83 bits per heavy atom. The van der Waals surface area contributed by atoms with Crippen LogP contribution in [-0.4, -0.2) is 46.4 Å². The van der Waals surface area contributed by atoms with Crippen LogP contribution in [-0.2, 0) is 17.8 Å². The van der Waals surface area contributed by atoms with Gasteiger partial charge in [-0.15, -0.1) is 5.10 Å². The smallest absolute Gasteiger partial charge is 0.261 e. The van der Waals surface area contributed by atoms with Gasteiger partial charge in [-0.1, -0.05) is 13.8 Å². The van der Waals surface area contributed by atoms with Crippen LogP contribution in [0.3, 0.4) is 0 Å². The molecule has 0 aliphatic carbocycles. The Morgan fingerprint density at radius 1 is 1.39 bits per heavy atom. The first-order chi connectivity index (χ1) is 8.59. The van der Waals surface area contributed by atoms with E-state index in [1.165, 1.54) is 0 Å². The zero-order valence-corrected chi connectivity index (χ0v) is 10.6. The van der Waals surface area contributed by atoms with Crippen molar-refractivity contribution in [3.05, 3.63) is 5.82 Å². The quantitative estimate of drug-likeness (QED) is 0.664. The molecule has 104 valence electrons. The number of alkyl halides is 2. The highest BCUT2D eigenvalue weighted by Crippen LogP contribution is 1.96. The van der Waals surface area contributed by atoms with Crippen molar-refractivity contribution in [2.24, 2.45) is 5.92 Å². The van der Waals surface area contributed by atoms with Crippen molar-refractivity contribution in [3.63, 3.8) is 0 Å². The van der Waals surface area contributed by atoms with Crippen LogP contribution in [0.25, 0.3) is 0 Å². The van der Waals surface area contributed by atoms with Gasteiger partial charge >= 0.3 is 0 Å². The molecule has 18 heavy (non-hydrogen) atoms. The second kappa shape index (κ2) is 8.04. The molecule has 1 rings (SSSR count). The van der Waals surface area contributed by atoms with Crippen LogP contribution in [0, 0.1) is 5.92 Å². The summed E-state index contributed by atoms with van der Waals surface area (Å²) in [5.74, 6) is 1.22. The Bertz CT molecular complexity index is 332. The summed E-state index contributed by atoms with van der Waals surface area (Å²) in [5, 5.41) is 14.4. The molecule has 1 aromatic heterocycles.